The Kier molecular flexibility index (Phi) is 5.05. The molecule has 2 N–H and O–H groups in total. The van der Waals surface area contributed by atoms with Crippen LogP contribution in [0.3, 0.4) is 0 Å². The fourth-order valence-electron chi connectivity index (χ4n) is 3.37. The molecule has 2 aliphatic rings. The number of carboxylic acids is 1. The maximum Gasteiger partial charge on any atom is 0.307 e. The van der Waals surface area contributed by atoms with Crippen molar-refractivity contribution in [2.75, 3.05) is 5.32 Å². The summed E-state index contributed by atoms with van der Waals surface area (Å²) < 4.78 is 0. The molecule has 1 fully saturated rings. The fourth-order valence-corrected chi connectivity index (χ4v) is 4.29. The number of rotatable bonds is 4. The summed E-state index contributed by atoms with van der Waals surface area (Å²) in [6.45, 7) is 0. The van der Waals surface area contributed by atoms with Crippen molar-refractivity contribution >= 4 is 28.3 Å². The number of hydrogen-bond acceptors (Lipinski definition) is 5. The van der Waals surface area contributed by atoms with Crippen molar-refractivity contribution < 1.29 is 14.7 Å². The third kappa shape index (κ3) is 3.77. The number of allylic oxidation sites excluding steroid dienone is 2. The lowest BCUT2D eigenvalue weighted by atomic mass is 9.82. The van der Waals surface area contributed by atoms with E-state index in [0.29, 0.717) is 23.9 Å². The van der Waals surface area contributed by atoms with Gasteiger partial charge in [0.15, 0.2) is 0 Å². The van der Waals surface area contributed by atoms with Crippen LogP contribution in [0.5, 0.6) is 0 Å². The molecule has 0 saturated heterocycles. The van der Waals surface area contributed by atoms with E-state index >= 15 is 0 Å². The van der Waals surface area contributed by atoms with Gasteiger partial charge in [-0.1, -0.05) is 42.8 Å². The third-order valence-electron chi connectivity index (χ3n) is 4.71. The highest BCUT2D eigenvalue weighted by Crippen LogP contribution is 2.35. The SMILES string of the molecule is O=C(Nc1nnc(C2CCCCC2)s1)[C@H]1CC=CC[C@H]1C(=O)O. The molecule has 124 valence electrons. The van der Waals surface area contributed by atoms with Crippen molar-refractivity contribution in [3.8, 4) is 0 Å². The number of aromatic nitrogens is 2. The summed E-state index contributed by atoms with van der Waals surface area (Å²) in [4.78, 5) is 23.7. The summed E-state index contributed by atoms with van der Waals surface area (Å²) in [7, 11) is 0. The number of hydrogen-bond donors (Lipinski definition) is 2. The van der Waals surface area contributed by atoms with Gasteiger partial charge in [-0.15, -0.1) is 10.2 Å². The van der Waals surface area contributed by atoms with Crippen LogP contribution in [-0.4, -0.2) is 27.2 Å². The molecular formula is C16H21N3O3S. The van der Waals surface area contributed by atoms with Crippen molar-refractivity contribution in [3.05, 3.63) is 17.2 Å². The van der Waals surface area contributed by atoms with Crippen LogP contribution in [0.4, 0.5) is 5.13 Å². The molecule has 0 radical (unpaired) electrons. The van der Waals surface area contributed by atoms with Gasteiger partial charge in [0, 0.05) is 5.92 Å². The van der Waals surface area contributed by atoms with Crippen LogP contribution < -0.4 is 5.32 Å². The standard InChI is InChI=1S/C16H21N3O3S/c20-13(11-8-4-5-9-12(11)15(21)22)17-16-19-18-14(23-16)10-6-2-1-3-7-10/h4-5,10-12H,1-3,6-9H2,(H,21,22)(H,17,19,20)/t11-,12+/m0/s1. The van der Waals surface area contributed by atoms with E-state index in [2.05, 4.69) is 15.5 Å². The molecule has 2 atom stereocenters. The van der Waals surface area contributed by atoms with Crippen molar-refractivity contribution in [1.29, 1.82) is 0 Å². The summed E-state index contributed by atoms with van der Waals surface area (Å²) in [6, 6.07) is 0. The number of amides is 1. The molecule has 7 heteroatoms. The molecule has 0 bridgehead atoms. The Morgan fingerprint density at radius 3 is 2.48 bits per heavy atom. The summed E-state index contributed by atoms with van der Waals surface area (Å²) in [5.41, 5.74) is 0. The van der Waals surface area contributed by atoms with Crippen molar-refractivity contribution in [2.45, 2.75) is 50.9 Å². The molecular weight excluding hydrogens is 314 g/mol. The van der Waals surface area contributed by atoms with Crippen LogP contribution in [0.25, 0.3) is 0 Å². The van der Waals surface area contributed by atoms with Gasteiger partial charge in [-0.2, -0.15) is 0 Å². The van der Waals surface area contributed by atoms with Crippen LogP contribution in [-0.2, 0) is 9.59 Å². The van der Waals surface area contributed by atoms with E-state index in [1.807, 2.05) is 12.2 Å². The number of aliphatic carboxylic acids is 1. The van der Waals surface area contributed by atoms with Crippen molar-refractivity contribution in [2.24, 2.45) is 11.8 Å². The topological polar surface area (TPSA) is 92.2 Å². The van der Waals surface area contributed by atoms with Gasteiger partial charge in [0.25, 0.3) is 0 Å². The van der Waals surface area contributed by atoms with Gasteiger partial charge < -0.3 is 10.4 Å². The Labute approximate surface area is 139 Å². The van der Waals surface area contributed by atoms with Gasteiger partial charge in [0.2, 0.25) is 11.0 Å². The molecule has 6 nitrogen and oxygen atoms in total. The predicted octanol–water partition coefficient (Wildman–Crippen LogP) is 3.19. The average molecular weight is 335 g/mol. The highest BCUT2D eigenvalue weighted by atomic mass is 32.1. The van der Waals surface area contributed by atoms with Gasteiger partial charge in [-0.25, -0.2) is 0 Å². The monoisotopic (exact) mass is 335 g/mol. The Hall–Kier alpha value is -1.76. The van der Waals surface area contributed by atoms with Gasteiger partial charge >= 0.3 is 5.97 Å². The Balaban J connectivity index is 1.64. The minimum absolute atomic E-state index is 0.270. The summed E-state index contributed by atoms with van der Waals surface area (Å²) in [6.07, 6.45) is 10.6. The predicted molar refractivity (Wildman–Crippen MR) is 87.4 cm³/mol. The molecule has 23 heavy (non-hydrogen) atoms. The molecule has 1 aromatic rings. The first kappa shape index (κ1) is 16.1. The minimum atomic E-state index is -0.922. The largest absolute Gasteiger partial charge is 0.481 e. The van der Waals surface area contributed by atoms with Crippen molar-refractivity contribution in [1.82, 2.24) is 10.2 Å². The van der Waals surface area contributed by atoms with E-state index in [9.17, 15) is 14.7 Å². The maximum atomic E-state index is 12.4. The molecule has 0 aliphatic heterocycles. The third-order valence-corrected chi connectivity index (χ3v) is 5.71. The summed E-state index contributed by atoms with van der Waals surface area (Å²) >= 11 is 1.42. The number of anilines is 1. The van der Waals surface area contributed by atoms with Crippen molar-refractivity contribution in [3.63, 3.8) is 0 Å². The molecule has 1 aromatic heterocycles. The van der Waals surface area contributed by atoms with E-state index in [1.54, 1.807) is 0 Å². The quantitative estimate of drug-likeness (QED) is 0.824. The summed E-state index contributed by atoms with van der Waals surface area (Å²) in [5, 5.41) is 21.8. The Morgan fingerprint density at radius 2 is 1.78 bits per heavy atom. The normalized spacial score (nSPS) is 25.2. The van der Waals surface area contributed by atoms with Crippen LogP contribution in [0.1, 0.15) is 55.9 Å². The van der Waals surface area contributed by atoms with Gasteiger partial charge in [-0.05, 0) is 25.7 Å². The Morgan fingerprint density at radius 1 is 1.09 bits per heavy atom. The number of nitrogens with zero attached hydrogens (tertiary/aromatic N) is 2. The lowest BCUT2D eigenvalue weighted by Gasteiger charge is -2.23. The first-order valence-corrected chi connectivity index (χ1v) is 8.99. The zero-order valence-electron chi connectivity index (χ0n) is 12.9. The zero-order valence-corrected chi connectivity index (χ0v) is 13.7. The molecule has 0 aromatic carbocycles. The lowest BCUT2D eigenvalue weighted by molar-refractivity contribution is -0.146. The second-order valence-corrected chi connectivity index (χ2v) is 7.27. The second kappa shape index (κ2) is 7.21. The summed E-state index contributed by atoms with van der Waals surface area (Å²) in [5.74, 6) is -1.94. The zero-order chi connectivity index (χ0) is 16.2. The van der Waals surface area contributed by atoms with E-state index in [1.165, 1.54) is 30.6 Å². The first-order valence-electron chi connectivity index (χ1n) is 8.17. The van der Waals surface area contributed by atoms with Gasteiger partial charge in [-0.3, -0.25) is 9.59 Å². The molecule has 0 spiro atoms. The van der Waals surface area contributed by atoms with E-state index in [0.717, 1.165) is 17.8 Å². The molecule has 1 heterocycles. The molecule has 1 saturated carbocycles. The number of nitrogens with one attached hydrogen (secondary N) is 1. The highest BCUT2D eigenvalue weighted by Gasteiger charge is 2.34. The molecule has 1 amide bonds. The maximum absolute atomic E-state index is 12.4. The van der Waals surface area contributed by atoms with E-state index in [4.69, 9.17) is 0 Å². The first-order chi connectivity index (χ1) is 11.1. The Bertz CT molecular complexity index is 607. The van der Waals surface area contributed by atoms with Gasteiger partial charge in [0.05, 0.1) is 11.8 Å². The minimum Gasteiger partial charge on any atom is -0.481 e. The smallest absolute Gasteiger partial charge is 0.307 e. The van der Waals surface area contributed by atoms with Crippen LogP contribution in [0, 0.1) is 11.8 Å². The number of carbonyl (C=O) groups is 2. The average Bonchev–Trinajstić information content (AvgIpc) is 3.04. The van der Waals surface area contributed by atoms with E-state index in [-0.39, 0.29) is 5.91 Å². The molecule has 2 aliphatic carbocycles. The number of carboxylic acid groups (broad SMARTS) is 1. The van der Waals surface area contributed by atoms with E-state index < -0.39 is 17.8 Å². The lowest BCUT2D eigenvalue weighted by Crippen LogP contribution is -2.34. The fraction of sp³-hybridized carbons (Fsp3) is 0.625. The molecule has 3 rings (SSSR count). The highest BCUT2D eigenvalue weighted by molar-refractivity contribution is 7.15. The van der Waals surface area contributed by atoms with Crippen LogP contribution >= 0.6 is 11.3 Å². The van der Waals surface area contributed by atoms with Crippen LogP contribution in [0.15, 0.2) is 12.2 Å². The number of carbonyl (C=O) groups excluding carboxylic acids is 1. The van der Waals surface area contributed by atoms with Gasteiger partial charge in [0.1, 0.15) is 5.01 Å². The van der Waals surface area contributed by atoms with Crippen LogP contribution in [0.2, 0.25) is 0 Å². The second-order valence-electron chi connectivity index (χ2n) is 6.26. The molecule has 0 unspecified atom stereocenters.